The highest BCUT2D eigenvalue weighted by Gasteiger charge is 2.36. The van der Waals surface area contributed by atoms with Gasteiger partial charge in [-0.1, -0.05) is 23.7 Å². The second-order valence-corrected chi connectivity index (χ2v) is 5.80. The number of carbonyl (C=O) groups excluding carboxylic acids is 3. The molecule has 2 aromatic rings. The number of aromatic carboxylic acids is 1. The molecule has 3 rings (SSSR count). The molecular formula is C18H11ClN2O5. The Labute approximate surface area is 152 Å². The molecule has 0 saturated carbocycles. The minimum atomic E-state index is -1.13. The zero-order valence-corrected chi connectivity index (χ0v) is 13.9. The molecule has 2 N–H and O–H groups in total. The molecule has 1 heterocycles. The predicted molar refractivity (Wildman–Crippen MR) is 93.9 cm³/mol. The lowest BCUT2D eigenvalue weighted by Gasteiger charge is -2.26. The Morgan fingerprint density at radius 1 is 1.00 bits per heavy atom. The third-order valence-corrected chi connectivity index (χ3v) is 3.91. The molecule has 1 aliphatic heterocycles. The lowest BCUT2D eigenvalue weighted by atomic mass is 10.1. The summed E-state index contributed by atoms with van der Waals surface area (Å²) in [5.74, 6) is -2.75. The third-order valence-electron chi connectivity index (χ3n) is 3.66. The van der Waals surface area contributed by atoms with Crippen LogP contribution in [-0.4, -0.2) is 28.9 Å². The number of anilines is 1. The first-order valence-electron chi connectivity index (χ1n) is 7.37. The molecule has 7 nitrogen and oxygen atoms in total. The molecule has 0 radical (unpaired) electrons. The van der Waals surface area contributed by atoms with Crippen LogP contribution >= 0.6 is 11.6 Å². The number of nitrogens with one attached hydrogen (secondary N) is 1. The number of hydrogen-bond acceptors (Lipinski definition) is 4. The quantitative estimate of drug-likeness (QED) is 0.638. The Balaban J connectivity index is 1.97. The average Bonchev–Trinajstić information content (AvgIpc) is 2.60. The van der Waals surface area contributed by atoms with Crippen LogP contribution in [0, 0.1) is 0 Å². The average molecular weight is 371 g/mol. The number of barbiturate groups is 1. The SMILES string of the molecule is O=C1NC(=O)N(c2ccc(C(=O)O)cc2)C(=O)/C1=C/c1ccc(Cl)cc1. The van der Waals surface area contributed by atoms with Crippen LogP contribution in [0.3, 0.4) is 0 Å². The monoisotopic (exact) mass is 370 g/mol. The van der Waals surface area contributed by atoms with Gasteiger partial charge in [-0.3, -0.25) is 14.9 Å². The van der Waals surface area contributed by atoms with Crippen molar-refractivity contribution in [3.63, 3.8) is 0 Å². The first-order valence-corrected chi connectivity index (χ1v) is 7.75. The topological polar surface area (TPSA) is 104 Å². The van der Waals surface area contributed by atoms with E-state index in [0.717, 1.165) is 4.90 Å². The van der Waals surface area contributed by atoms with Crippen LogP contribution in [0.15, 0.2) is 54.1 Å². The molecule has 26 heavy (non-hydrogen) atoms. The van der Waals surface area contributed by atoms with Crippen molar-refractivity contribution in [3.05, 3.63) is 70.3 Å². The van der Waals surface area contributed by atoms with E-state index in [2.05, 4.69) is 5.32 Å². The standard InChI is InChI=1S/C18H11ClN2O5/c19-12-5-1-10(2-6-12)9-14-15(22)20-18(26)21(16(14)23)13-7-3-11(4-8-13)17(24)25/h1-9H,(H,24,25)(H,20,22,26)/b14-9+. The molecule has 0 atom stereocenters. The first-order chi connectivity index (χ1) is 12.4. The van der Waals surface area contributed by atoms with Gasteiger partial charge in [0.1, 0.15) is 5.57 Å². The van der Waals surface area contributed by atoms with Crippen molar-refractivity contribution in [2.75, 3.05) is 4.90 Å². The number of benzene rings is 2. The third kappa shape index (κ3) is 3.33. The van der Waals surface area contributed by atoms with E-state index in [0.29, 0.717) is 10.6 Å². The number of imide groups is 2. The van der Waals surface area contributed by atoms with Gasteiger partial charge < -0.3 is 5.11 Å². The summed E-state index contributed by atoms with van der Waals surface area (Å²) in [6, 6.07) is 10.7. The van der Waals surface area contributed by atoms with Crippen molar-refractivity contribution in [2.45, 2.75) is 0 Å². The number of carbonyl (C=O) groups is 4. The van der Waals surface area contributed by atoms with Crippen LogP contribution in [0.1, 0.15) is 15.9 Å². The van der Waals surface area contributed by atoms with Crippen LogP contribution in [0.5, 0.6) is 0 Å². The molecular weight excluding hydrogens is 360 g/mol. The van der Waals surface area contributed by atoms with E-state index in [1.165, 1.54) is 30.3 Å². The van der Waals surface area contributed by atoms with Crippen molar-refractivity contribution < 1.29 is 24.3 Å². The van der Waals surface area contributed by atoms with E-state index in [9.17, 15) is 19.2 Å². The van der Waals surface area contributed by atoms with Crippen molar-refractivity contribution in [3.8, 4) is 0 Å². The largest absolute Gasteiger partial charge is 0.478 e. The molecule has 4 amide bonds. The van der Waals surface area contributed by atoms with Gasteiger partial charge in [-0.15, -0.1) is 0 Å². The fraction of sp³-hybridized carbons (Fsp3) is 0. The van der Waals surface area contributed by atoms with Gasteiger partial charge in [0, 0.05) is 5.02 Å². The molecule has 0 aromatic heterocycles. The molecule has 2 aromatic carbocycles. The van der Waals surface area contributed by atoms with Gasteiger partial charge in [-0.25, -0.2) is 14.5 Å². The Hall–Kier alpha value is -3.45. The van der Waals surface area contributed by atoms with Gasteiger partial charge in [0.15, 0.2) is 0 Å². The van der Waals surface area contributed by atoms with Gasteiger partial charge in [-0.05, 0) is 48.0 Å². The second-order valence-electron chi connectivity index (χ2n) is 5.36. The van der Waals surface area contributed by atoms with Crippen molar-refractivity contribution in [1.82, 2.24) is 5.32 Å². The molecule has 0 aliphatic carbocycles. The zero-order chi connectivity index (χ0) is 18.8. The highest BCUT2D eigenvalue weighted by molar-refractivity contribution is 6.39. The lowest BCUT2D eigenvalue weighted by molar-refractivity contribution is -0.122. The van der Waals surface area contributed by atoms with E-state index in [-0.39, 0.29) is 16.8 Å². The summed E-state index contributed by atoms with van der Waals surface area (Å²) in [5.41, 5.74) is 0.483. The Bertz CT molecular complexity index is 949. The minimum Gasteiger partial charge on any atom is -0.478 e. The minimum absolute atomic E-state index is 0.00613. The maximum Gasteiger partial charge on any atom is 0.335 e. The Morgan fingerprint density at radius 3 is 2.19 bits per heavy atom. The number of amides is 4. The summed E-state index contributed by atoms with van der Waals surface area (Å²) in [7, 11) is 0. The molecule has 1 fully saturated rings. The molecule has 1 saturated heterocycles. The molecule has 1 aliphatic rings. The molecule has 0 bridgehead atoms. The van der Waals surface area contributed by atoms with Gasteiger partial charge >= 0.3 is 12.0 Å². The maximum absolute atomic E-state index is 12.7. The number of rotatable bonds is 3. The van der Waals surface area contributed by atoms with E-state index in [1.807, 2.05) is 0 Å². The van der Waals surface area contributed by atoms with Crippen molar-refractivity contribution in [1.29, 1.82) is 0 Å². The van der Waals surface area contributed by atoms with E-state index >= 15 is 0 Å². The maximum atomic E-state index is 12.7. The van der Waals surface area contributed by atoms with Crippen LogP contribution < -0.4 is 10.2 Å². The van der Waals surface area contributed by atoms with Crippen LogP contribution in [0.2, 0.25) is 5.02 Å². The Morgan fingerprint density at radius 2 is 1.62 bits per heavy atom. The highest BCUT2D eigenvalue weighted by atomic mass is 35.5. The van der Waals surface area contributed by atoms with Gasteiger partial charge in [0.05, 0.1) is 11.3 Å². The normalized spacial score (nSPS) is 16.0. The fourth-order valence-corrected chi connectivity index (χ4v) is 2.50. The highest BCUT2D eigenvalue weighted by Crippen LogP contribution is 2.22. The number of halogens is 1. The number of carboxylic acid groups (broad SMARTS) is 1. The lowest BCUT2D eigenvalue weighted by Crippen LogP contribution is -2.54. The smallest absolute Gasteiger partial charge is 0.335 e. The van der Waals surface area contributed by atoms with Crippen molar-refractivity contribution in [2.24, 2.45) is 0 Å². The Kier molecular flexibility index (Phi) is 4.55. The summed E-state index contributed by atoms with van der Waals surface area (Å²) in [6.07, 6.45) is 1.35. The second kappa shape index (κ2) is 6.81. The molecule has 0 unspecified atom stereocenters. The van der Waals surface area contributed by atoms with E-state index < -0.39 is 23.8 Å². The summed E-state index contributed by atoms with van der Waals surface area (Å²) in [5, 5.41) is 11.5. The van der Waals surface area contributed by atoms with Crippen molar-refractivity contribution >= 4 is 47.2 Å². The summed E-state index contributed by atoms with van der Waals surface area (Å²) in [6.45, 7) is 0. The zero-order valence-electron chi connectivity index (χ0n) is 13.1. The number of hydrogen-bond donors (Lipinski definition) is 2. The molecule has 0 spiro atoms. The van der Waals surface area contributed by atoms with Crippen LogP contribution in [0.25, 0.3) is 6.08 Å². The summed E-state index contributed by atoms with van der Waals surface area (Å²) >= 11 is 5.81. The van der Waals surface area contributed by atoms with Gasteiger partial charge in [-0.2, -0.15) is 0 Å². The summed E-state index contributed by atoms with van der Waals surface area (Å²) < 4.78 is 0. The molecule has 8 heteroatoms. The van der Waals surface area contributed by atoms with Gasteiger partial charge in [0.2, 0.25) is 0 Å². The molecule has 130 valence electrons. The van der Waals surface area contributed by atoms with Gasteiger partial charge in [0.25, 0.3) is 11.8 Å². The first kappa shape index (κ1) is 17.4. The van der Waals surface area contributed by atoms with Crippen LogP contribution in [-0.2, 0) is 9.59 Å². The van der Waals surface area contributed by atoms with Crippen LogP contribution in [0.4, 0.5) is 10.5 Å². The van der Waals surface area contributed by atoms with E-state index in [4.69, 9.17) is 16.7 Å². The fourth-order valence-electron chi connectivity index (χ4n) is 2.37. The number of carboxylic acids is 1. The predicted octanol–water partition coefficient (Wildman–Crippen LogP) is 2.70. The number of urea groups is 1. The van der Waals surface area contributed by atoms with E-state index in [1.54, 1.807) is 24.3 Å². The summed E-state index contributed by atoms with van der Waals surface area (Å²) in [4.78, 5) is 48.5. The number of nitrogens with zero attached hydrogens (tertiary/aromatic N) is 1.